The summed E-state index contributed by atoms with van der Waals surface area (Å²) < 4.78 is 5.29. The van der Waals surface area contributed by atoms with Gasteiger partial charge in [-0.25, -0.2) is 4.79 Å². The van der Waals surface area contributed by atoms with Gasteiger partial charge >= 0.3 is 5.97 Å². The highest BCUT2D eigenvalue weighted by Crippen LogP contribution is 2.45. The van der Waals surface area contributed by atoms with Gasteiger partial charge in [-0.05, 0) is 62.4 Å². The van der Waals surface area contributed by atoms with Gasteiger partial charge in [-0.1, -0.05) is 11.6 Å². The Labute approximate surface area is 204 Å². The molecule has 0 bridgehead atoms. The van der Waals surface area contributed by atoms with Crippen LogP contribution in [0.4, 0.5) is 5.00 Å². The van der Waals surface area contributed by atoms with Crippen LogP contribution < -0.4 is 10.6 Å². The molecule has 2 aliphatic rings. The predicted molar refractivity (Wildman–Crippen MR) is 130 cm³/mol. The zero-order valence-electron chi connectivity index (χ0n) is 18.3. The number of allylic oxidation sites excluding steroid dienone is 1. The minimum absolute atomic E-state index is 0.108. The highest BCUT2D eigenvalue weighted by Gasteiger charge is 2.41. The van der Waals surface area contributed by atoms with Crippen molar-refractivity contribution in [1.29, 1.82) is 5.41 Å². The maximum atomic E-state index is 13.0. The third kappa shape index (κ3) is 4.12. The van der Waals surface area contributed by atoms with E-state index in [0.29, 0.717) is 22.0 Å². The molecule has 1 amide bonds. The van der Waals surface area contributed by atoms with Crippen LogP contribution in [0.5, 0.6) is 0 Å². The van der Waals surface area contributed by atoms with Crippen molar-refractivity contribution in [3.63, 3.8) is 0 Å². The summed E-state index contributed by atoms with van der Waals surface area (Å²) in [6.07, 6.45) is 4.42. The van der Waals surface area contributed by atoms with E-state index in [4.69, 9.17) is 27.5 Å². The zero-order chi connectivity index (χ0) is 24.6. The van der Waals surface area contributed by atoms with E-state index in [-0.39, 0.29) is 17.9 Å². The van der Waals surface area contributed by atoms with Crippen LogP contribution in [-0.4, -0.2) is 35.2 Å². The number of aryl methyl sites for hydroxylation is 1. The normalized spacial score (nSPS) is 16.7. The van der Waals surface area contributed by atoms with Crippen LogP contribution in [0, 0.1) is 5.41 Å². The number of ketones is 1. The fraction of sp³-hybridized carbons (Fsp3) is 0.250. The first-order valence-corrected chi connectivity index (χ1v) is 11.9. The van der Waals surface area contributed by atoms with E-state index in [2.05, 4.69) is 0 Å². The molecule has 4 N–H and O–H groups in total. The number of nitrogens with one attached hydrogen (secondary N) is 1. The molecule has 0 saturated heterocycles. The van der Waals surface area contributed by atoms with Crippen LogP contribution in [-0.2, 0) is 22.4 Å². The monoisotopic (exact) mass is 499 g/mol. The largest absolute Gasteiger partial charge is 0.505 e. The van der Waals surface area contributed by atoms with Crippen molar-refractivity contribution >= 4 is 51.4 Å². The minimum atomic E-state index is -1.02. The number of benzene rings is 1. The molecule has 1 aromatic heterocycles. The number of aliphatic hydroxyl groups is 1. The van der Waals surface area contributed by atoms with Gasteiger partial charge in [0.15, 0.2) is 11.5 Å². The predicted octanol–water partition coefficient (Wildman–Crippen LogP) is 4.32. The number of halogens is 1. The number of carbonyl (C=O) groups excluding carboxylic acids is 3. The number of nitrogens with two attached hydrogens (primary N) is 1. The maximum Gasteiger partial charge on any atom is 0.341 e. The number of nitrogens with zero attached hydrogens (tertiary/aromatic N) is 1. The number of ether oxygens (including phenoxy) is 1. The summed E-state index contributed by atoms with van der Waals surface area (Å²) in [5, 5.41) is 20.2. The van der Waals surface area contributed by atoms with Crippen LogP contribution in [0.1, 0.15) is 50.9 Å². The Morgan fingerprint density at radius 1 is 1.24 bits per heavy atom. The van der Waals surface area contributed by atoms with Crippen molar-refractivity contribution in [2.45, 2.75) is 32.6 Å². The van der Waals surface area contributed by atoms with Crippen LogP contribution in [0.15, 0.2) is 47.4 Å². The van der Waals surface area contributed by atoms with E-state index in [0.717, 1.165) is 35.8 Å². The Bertz CT molecular complexity index is 1280. The van der Waals surface area contributed by atoms with E-state index in [9.17, 15) is 19.5 Å². The molecular weight excluding hydrogens is 478 g/mol. The molecule has 0 atom stereocenters. The van der Waals surface area contributed by atoms with Crippen molar-refractivity contribution in [2.75, 3.05) is 11.5 Å². The van der Waals surface area contributed by atoms with Gasteiger partial charge in [0.2, 0.25) is 0 Å². The Balaban J connectivity index is 1.89. The first-order chi connectivity index (χ1) is 16.2. The van der Waals surface area contributed by atoms with Gasteiger partial charge in [-0.2, -0.15) is 0 Å². The molecular formula is C24H22ClN3O5S. The highest BCUT2D eigenvalue weighted by atomic mass is 35.5. The molecule has 2 heterocycles. The summed E-state index contributed by atoms with van der Waals surface area (Å²) in [5.74, 6) is -3.07. The summed E-state index contributed by atoms with van der Waals surface area (Å²) in [6, 6.07) is 6.16. The van der Waals surface area contributed by atoms with E-state index in [1.54, 1.807) is 19.1 Å². The molecule has 1 aromatic carbocycles. The van der Waals surface area contributed by atoms with Gasteiger partial charge in [0, 0.05) is 21.5 Å². The highest BCUT2D eigenvalue weighted by molar-refractivity contribution is 7.17. The number of hydrogen-bond donors (Lipinski definition) is 3. The summed E-state index contributed by atoms with van der Waals surface area (Å²) in [4.78, 5) is 40.2. The number of esters is 1. The topological polar surface area (TPSA) is 134 Å². The van der Waals surface area contributed by atoms with E-state index in [1.165, 1.54) is 28.4 Å². The number of amides is 1. The smallest absolute Gasteiger partial charge is 0.341 e. The summed E-state index contributed by atoms with van der Waals surface area (Å²) >= 11 is 7.19. The van der Waals surface area contributed by atoms with E-state index in [1.807, 2.05) is 0 Å². The first-order valence-electron chi connectivity index (χ1n) is 10.7. The molecule has 176 valence electrons. The van der Waals surface area contributed by atoms with Gasteiger partial charge in [-0.3, -0.25) is 19.9 Å². The van der Waals surface area contributed by atoms with Gasteiger partial charge in [-0.15, -0.1) is 11.3 Å². The number of hydrogen-bond acceptors (Lipinski definition) is 7. The van der Waals surface area contributed by atoms with Crippen molar-refractivity contribution < 1.29 is 24.2 Å². The first kappa shape index (κ1) is 23.7. The third-order valence-corrected chi connectivity index (χ3v) is 7.19. The second-order valence-electron chi connectivity index (χ2n) is 7.78. The SMILES string of the molecule is CCOC(=O)c1c(N2C(=N)C(C(N)=O)=C(O)/C2=C\C(=O)c2ccc(Cl)cc2)sc2c1CCCC2. The van der Waals surface area contributed by atoms with Crippen LogP contribution in [0.3, 0.4) is 0 Å². The summed E-state index contributed by atoms with van der Waals surface area (Å²) in [6.45, 7) is 1.86. The average molecular weight is 500 g/mol. The van der Waals surface area contributed by atoms with Gasteiger partial charge in [0.05, 0.1) is 17.9 Å². The molecule has 0 fully saturated rings. The number of thiophene rings is 1. The van der Waals surface area contributed by atoms with Crippen molar-refractivity contribution in [1.82, 2.24) is 0 Å². The van der Waals surface area contributed by atoms with Gasteiger partial charge < -0.3 is 15.6 Å². The lowest BCUT2D eigenvalue weighted by atomic mass is 9.95. The summed E-state index contributed by atoms with van der Waals surface area (Å²) in [5.41, 5.74) is 6.32. The number of primary amides is 1. The molecule has 8 nitrogen and oxygen atoms in total. The molecule has 1 aliphatic carbocycles. The standard InChI is InChI=1S/C24H22ClN3O5S/c1-2-33-24(32)18-14-5-3-4-6-17(14)34-23(18)28-15(20(30)19(21(28)26)22(27)31)11-16(29)12-7-9-13(25)10-8-12/h7-11,26,30H,2-6H2,1H3,(H2,27,31)/b15-11+,26-21?. The van der Waals surface area contributed by atoms with Crippen LogP contribution in [0.25, 0.3) is 0 Å². The molecule has 0 spiro atoms. The Hall–Kier alpha value is -3.43. The molecule has 0 saturated carbocycles. The lowest BCUT2D eigenvalue weighted by Crippen LogP contribution is -2.30. The second kappa shape index (κ2) is 9.44. The number of aliphatic hydroxyl groups excluding tert-OH is 1. The molecule has 1 aliphatic heterocycles. The summed E-state index contributed by atoms with van der Waals surface area (Å²) in [7, 11) is 0. The minimum Gasteiger partial charge on any atom is -0.505 e. The second-order valence-corrected chi connectivity index (χ2v) is 9.30. The number of fused-ring (bicyclic) bond motifs is 1. The van der Waals surface area contributed by atoms with Crippen LogP contribution >= 0.6 is 22.9 Å². The molecule has 4 rings (SSSR count). The Morgan fingerprint density at radius 3 is 2.56 bits per heavy atom. The van der Waals surface area contributed by atoms with Crippen molar-refractivity contribution in [3.8, 4) is 0 Å². The van der Waals surface area contributed by atoms with Crippen LogP contribution in [0.2, 0.25) is 5.02 Å². The van der Waals surface area contributed by atoms with Crippen molar-refractivity contribution in [2.24, 2.45) is 5.73 Å². The number of carbonyl (C=O) groups is 3. The third-order valence-electron chi connectivity index (χ3n) is 5.66. The van der Waals surface area contributed by atoms with E-state index < -0.39 is 34.8 Å². The Morgan fingerprint density at radius 2 is 1.91 bits per heavy atom. The molecule has 2 aromatic rings. The maximum absolute atomic E-state index is 13.0. The number of rotatable bonds is 6. The average Bonchev–Trinajstić information content (AvgIpc) is 3.28. The number of anilines is 1. The van der Waals surface area contributed by atoms with E-state index >= 15 is 0 Å². The lowest BCUT2D eigenvalue weighted by molar-refractivity contribution is -0.114. The fourth-order valence-corrected chi connectivity index (χ4v) is 5.62. The van der Waals surface area contributed by atoms with Gasteiger partial charge in [0.25, 0.3) is 5.91 Å². The lowest BCUT2D eigenvalue weighted by Gasteiger charge is -2.21. The quantitative estimate of drug-likeness (QED) is 0.308. The molecule has 34 heavy (non-hydrogen) atoms. The number of amidine groups is 1. The zero-order valence-corrected chi connectivity index (χ0v) is 19.9. The van der Waals surface area contributed by atoms with Crippen molar-refractivity contribution in [3.05, 3.63) is 74.0 Å². The molecule has 10 heteroatoms. The Kier molecular flexibility index (Phi) is 6.58. The molecule has 0 unspecified atom stereocenters. The van der Waals surface area contributed by atoms with Gasteiger partial charge in [0.1, 0.15) is 16.4 Å². The fourth-order valence-electron chi connectivity index (χ4n) is 4.10. The molecule has 0 radical (unpaired) electrons.